The lowest BCUT2D eigenvalue weighted by Crippen LogP contribution is -2.51. The summed E-state index contributed by atoms with van der Waals surface area (Å²) in [6.45, 7) is 3.22. The number of ether oxygens (including phenoxy) is 2. The molecule has 2 heterocycles. The summed E-state index contributed by atoms with van der Waals surface area (Å²) in [5, 5.41) is 0. The summed E-state index contributed by atoms with van der Waals surface area (Å²) in [6.07, 6.45) is 5.71. The third-order valence-corrected chi connectivity index (χ3v) is 5.29. The van der Waals surface area contributed by atoms with Gasteiger partial charge in [0.15, 0.2) is 0 Å². The second-order valence-electron chi connectivity index (χ2n) is 7.31. The first-order chi connectivity index (χ1) is 13.2. The monoisotopic (exact) mass is 374 g/mol. The fraction of sp³-hybridized carbons (Fsp3) is 0.619. The predicted octanol–water partition coefficient (Wildman–Crippen LogP) is 3.21. The molecule has 1 atom stereocenters. The Labute approximate surface area is 161 Å². The molecule has 3 rings (SSSR count). The topological polar surface area (TPSA) is 59.1 Å². The van der Waals surface area contributed by atoms with Crippen molar-refractivity contribution in [1.29, 1.82) is 0 Å². The Bertz CT molecular complexity index is 599. The van der Waals surface area contributed by atoms with Gasteiger partial charge in [-0.2, -0.15) is 0 Å². The number of morpholine rings is 1. The number of hydrogen-bond acceptors (Lipinski definition) is 4. The Balaban J connectivity index is 1.54. The largest absolute Gasteiger partial charge is 0.445 e. The summed E-state index contributed by atoms with van der Waals surface area (Å²) >= 11 is 0. The fourth-order valence-corrected chi connectivity index (χ4v) is 3.69. The Morgan fingerprint density at radius 3 is 2.44 bits per heavy atom. The highest BCUT2D eigenvalue weighted by atomic mass is 16.6. The van der Waals surface area contributed by atoms with Crippen molar-refractivity contribution in [1.82, 2.24) is 9.80 Å². The van der Waals surface area contributed by atoms with Gasteiger partial charge in [0.05, 0.1) is 19.3 Å². The number of hydrogen-bond donors (Lipinski definition) is 0. The minimum atomic E-state index is -0.368. The maximum absolute atomic E-state index is 12.8. The summed E-state index contributed by atoms with van der Waals surface area (Å²) < 4.78 is 11.0. The van der Waals surface area contributed by atoms with Gasteiger partial charge in [0.1, 0.15) is 6.61 Å². The molecular weight excluding hydrogens is 344 g/mol. The van der Waals surface area contributed by atoms with Crippen LogP contribution in [0.4, 0.5) is 4.79 Å². The van der Waals surface area contributed by atoms with Crippen LogP contribution in [-0.2, 0) is 20.9 Å². The van der Waals surface area contributed by atoms with Crippen molar-refractivity contribution in [3.05, 3.63) is 35.9 Å². The molecule has 2 aliphatic rings. The van der Waals surface area contributed by atoms with Crippen LogP contribution in [0, 0.1) is 0 Å². The zero-order valence-electron chi connectivity index (χ0n) is 16.0. The molecule has 0 bridgehead atoms. The summed E-state index contributed by atoms with van der Waals surface area (Å²) in [7, 11) is 0. The van der Waals surface area contributed by atoms with Gasteiger partial charge in [-0.25, -0.2) is 4.79 Å². The molecule has 0 radical (unpaired) electrons. The molecule has 0 saturated carbocycles. The standard InChI is InChI=1S/C21H30N2O4/c24-20(22-11-7-2-1-3-8-12-22)15-19-17-26-14-13-23(19)21(25)27-16-18-9-5-4-6-10-18/h4-6,9-10,19H,1-3,7-8,11-17H2/t19-/m1/s1. The lowest BCUT2D eigenvalue weighted by Gasteiger charge is -2.35. The van der Waals surface area contributed by atoms with Crippen molar-refractivity contribution in [2.24, 2.45) is 0 Å². The van der Waals surface area contributed by atoms with Gasteiger partial charge in [0.25, 0.3) is 0 Å². The highest BCUT2D eigenvalue weighted by Gasteiger charge is 2.31. The van der Waals surface area contributed by atoms with Crippen molar-refractivity contribution in [3.63, 3.8) is 0 Å². The second kappa shape index (κ2) is 10.3. The molecule has 2 fully saturated rings. The number of benzene rings is 1. The number of amides is 2. The normalized spacial score (nSPS) is 21.3. The summed E-state index contributed by atoms with van der Waals surface area (Å²) in [5.74, 6) is 0.119. The van der Waals surface area contributed by atoms with E-state index in [0.717, 1.165) is 31.5 Å². The van der Waals surface area contributed by atoms with Crippen LogP contribution < -0.4 is 0 Å². The van der Waals surface area contributed by atoms with Gasteiger partial charge in [-0.15, -0.1) is 0 Å². The molecule has 2 saturated heterocycles. The highest BCUT2D eigenvalue weighted by Crippen LogP contribution is 2.17. The van der Waals surface area contributed by atoms with E-state index in [2.05, 4.69) is 0 Å². The zero-order valence-corrected chi connectivity index (χ0v) is 16.0. The maximum Gasteiger partial charge on any atom is 0.410 e. The fourth-order valence-electron chi connectivity index (χ4n) is 3.69. The van der Waals surface area contributed by atoms with Crippen LogP contribution >= 0.6 is 0 Å². The third-order valence-electron chi connectivity index (χ3n) is 5.29. The number of carbonyl (C=O) groups is 2. The molecule has 0 N–H and O–H groups in total. The Hall–Kier alpha value is -2.08. The third kappa shape index (κ3) is 5.96. The highest BCUT2D eigenvalue weighted by molar-refractivity contribution is 5.78. The van der Waals surface area contributed by atoms with Gasteiger partial charge in [-0.05, 0) is 18.4 Å². The average molecular weight is 374 g/mol. The first-order valence-corrected chi connectivity index (χ1v) is 10.1. The molecule has 2 aliphatic heterocycles. The molecule has 1 aromatic carbocycles. The second-order valence-corrected chi connectivity index (χ2v) is 7.31. The molecule has 6 heteroatoms. The van der Waals surface area contributed by atoms with E-state index in [1.165, 1.54) is 19.3 Å². The smallest absolute Gasteiger partial charge is 0.410 e. The van der Waals surface area contributed by atoms with E-state index in [4.69, 9.17) is 9.47 Å². The van der Waals surface area contributed by atoms with E-state index in [9.17, 15) is 9.59 Å². The lowest BCUT2D eigenvalue weighted by molar-refractivity contribution is -0.134. The van der Waals surface area contributed by atoms with E-state index >= 15 is 0 Å². The number of rotatable bonds is 4. The first-order valence-electron chi connectivity index (χ1n) is 10.1. The molecule has 0 unspecified atom stereocenters. The van der Waals surface area contributed by atoms with Crippen molar-refractivity contribution in [2.45, 2.75) is 51.2 Å². The van der Waals surface area contributed by atoms with Crippen LogP contribution in [0.25, 0.3) is 0 Å². The van der Waals surface area contributed by atoms with E-state index in [-0.39, 0.29) is 24.6 Å². The van der Waals surface area contributed by atoms with Crippen LogP contribution in [0.2, 0.25) is 0 Å². The maximum atomic E-state index is 12.8. The predicted molar refractivity (Wildman–Crippen MR) is 102 cm³/mol. The molecule has 0 spiro atoms. The van der Waals surface area contributed by atoms with Crippen LogP contribution in [0.3, 0.4) is 0 Å². The molecule has 0 aliphatic carbocycles. The van der Waals surface area contributed by atoms with E-state index in [0.29, 0.717) is 26.2 Å². The van der Waals surface area contributed by atoms with Crippen LogP contribution in [-0.4, -0.2) is 60.7 Å². The first kappa shape index (κ1) is 19.7. The zero-order chi connectivity index (χ0) is 18.9. The quantitative estimate of drug-likeness (QED) is 0.812. The Morgan fingerprint density at radius 1 is 1.00 bits per heavy atom. The van der Waals surface area contributed by atoms with Gasteiger partial charge in [0, 0.05) is 26.1 Å². The van der Waals surface area contributed by atoms with Crippen LogP contribution in [0.1, 0.15) is 44.1 Å². The van der Waals surface area contributed by atoms with Gasteiger partial charge in [-0.3, -0.25) is 4.79 Å². The van der Waals surface area contributed by atoms with Crippen molar-refractivity contribution < 1.29 is 19.1 Å². The minimum Gasteiger partial charge on any atom is -0.445 e. The van der Waals surface area contributed by atoms with Crippen molar-refractivity contribution >= 4 is 12.0 Å². The molecular formula is C21H30N2O4. The Kier molecular flexibility index (Phi) is 7.51. The van der Waals surface area contributed by atoms with Gasteiger partial charge in [-0.1, -0.05) is 49.6 Å². The van der Waals surface area contributed by atoms with Gasteiger partial charge >= 0.3 is 6.09 Å². The number of carbonyl (C=O) groups excluding carboxylic acids is 2. The molecule has 2 amide bonds. The summed E-state index contributed by atoms with van der Waals surface area (Å²) in [6, 6.07) is 9.37. The molecule has 0 aromatic heterocycles. The van der Waals surface area contributed by atoms with E-state index < -0.39 is 0 Å². The van der Waals surface area contributed by atoms with E-state index in [1.54, 1.807) is 4.90 Å². The summed E-state index contributed by atoms with van der Waals surface area (Å²) in [4.78, 5) is 29.0. The Morgan fingerprint density at radius 2 is 1.70 bits per heavy atom. The van der Waals surface area contributed by atoms with Gasteiger partial charge < -0.3 is 19.3 Å². The van der Waals surface area contributed by atoms with Crippen molar-refractivity contribution in [3.8, 4) is 0 Å². The van der Waals surface area contributed by atoms with E-state index in [1.807, 2.05) is 35.2 Å². The summed E-state index contributed by atoms with van der Waals surface area (Å²) in [5.41, 5.74) is 0.951. The lowest BCUT2D eigenvalue weighted by atomic mass is 10.1. The molecule has 6 nitrogen and oxygen atoms in total. The molecule has 1 aromatic rings. The molecule has 148 valence electrons. The van der Waals surface area contributed by atoms with Gasteiger partial charge in [0.2, 0.25) is 5.91 Å². The average Bonchev–Trinajstić information content (AvgIpc) is 2.67. The van der Waals surface area contributed by atoms with Crippen LogP contribution in [0.15, 0.2) is 30.3 Å². The minimum absolute atomic E-state index is 0.119. The SMILES string of the molecule is O=C(C[C@@H]1COCCN1C(=O)OCc1ccccc1)N1CCCCCCC1. The number of likely N-dealkylation sites (tertiary alicyclic amines) is 1. The molecule has 27 heavy (non-hydrogen) atoms. The number of nitrogens with zero attached hydrogens (tertiary/aromatic N) is 2. The van der Waals surface area contributed by atoms with Crippen LogP contribution in [0.5, 0.6) is 0 Å². The van der Waals surface area contributed by atoms with Crippen molar-refractivity contribution in [2.75, 3.05) is 32.8 Å².